The predicted octanol–water partition coefficient (Wildman–Crippen LogP) is 1.61. The van der Waals surface area contributed by atoms with Crippen molar-refractivity contribution in [1.82, 2.24) is 20.4 Å². The minimum absolute atomic E-state index is 0.118. The Balaban J connectivity index is 1.32. The molecule has 146 valence electrons. The lowest BCUT2D eigenvalue weighted by Gasteiger charge is -2.51. The predicted molar refractivity (Wildman–Crippen MR) is 99.0 cm³/mol. The highest BCUT2D eigenvalue weighted by Crippen LogP contribution is 2.53. The number of carbonyl (C=O) groups excluding carboxylic acids is 2. The number of amides is 3. The SMILES string of the molecule is CC[C@@]1(C(=O)N2CC3(CNC(=O)N3)C2)C[C@@H]2CC[C@H]1N2Cc1ccc(C)o1. The average molecular weight is 372 g/mol. The fraction of sp³-hybridized carbons (Fsp3) is 0.700. The van der Waals surface area contributed by atoms with Crippen LogP contribution in [0, 0.1) is 12.3 Å². The number of nitrogens with zero attached hydrogens (tertiary/aromatic N) is 2. The summed E-state index contributed by atoms with van der Waals surface area (Å²) in [5.41, 5.74) is -0.535. The molecular weight excluding hydrogens is 344 g/mol. The number of nitrogens with one attached hydrogen (secondary N) is 2. The van der Waals surface area contributed by atoms with Gasteiger partial charge in [0.25, 0.3) is 0 Å². The number of furan rings is 1. The Hall–Kier alpha value is -2.02. The summed E-state index contributed by atoms with van der Waals surface area (Å²) in [5.74, 6) is 2.21. The molecule has 3 amide bonds. The van der Waals surface area contributed by atoms with Gasteiger partial charge in [0.2, 0.25) is 5.91 Å². The van der Waals surface area contributed by atoms with Gasteiger partial charge in [0, 0.05) is 31.7 Å². The van der Waals surface area contributed by atoms with E-state index in [1.165, 1.54) is 6.42 Å². The number of fused-ring (bicyclic) bond motifs is 2. The molecule has 5 rings (SSSR count). The van der Waals surface area contributed by atoms with E-state index >= 15 is 0 Å². The second-order valence-electron chi connectivity index (χ2n) is 8.89. The van der Waals surface area contributed by atoms with E-state index in [4.69, 9.17) is 4.42 Å². The summed E-state index contributed by atoms with van der Waals surface area (Å²) in [5, 5.41) is 5.81. The van der Waals surface area contributed by atoms with Gasteiger partial charge < -0.3 is 20.0 Å². The first-order valence-electron chi connectivity index (χ1n) is 10.1. The van der Waals surface area contributed by atoms with E-state index in [-0.39, 0.29) is 22.9 Å². The maximum absolute atomic E-state index is 13.5. The summed E-state index contributed by atoms with van der Waals surface area (Å²) in [6.45, 7) is 6.79. The number of aryl methyl sites for hydroxylation is 1. The van der Waals surface area contributed by atoms with E-state index in [1.807, 2.05) is 17.9 Å². The van der Waals surface area contributed by atoms with E-state index in [9.17, 15) is 9.59 Å². The molecule has 1 spiro atoms. The highest BCUT2D eigenvalue weighted by molar-refractivity contribution is 5.86. The van der Waals surface area contributed by atoms with Crippen molar-refractivity contribution >= 4 is 11.9 Å². The molecule has 4 saturated heterocycles. The fourth-order valence-electron chi connectivity index (χ4n) is 5.97. The molecule has 0 aromatic carbocycles. The van der Waals surface area contributed by atoms with Crippen molar-refractivity contribution in [2.24, 2.45) is 5.41 Å². The maximum Gasteiger partial charge on any atom is 0.315 e. The zero-order valence-corrected chi connectivity index (χ0v) is 16.1. The third-order valence-corrected chi connectivity index (χ3v) is 7.31. The monoisotopic (exact) mass is 372 g/mol. The largest absolute Gasteiger partial charge is 0.465 e. The van der Waals surface area contributed by atoms with Crippen LogP contribution in [0.3, 0.4) is 0 Å². The van der Waals surface area contributed by atoms with Gasteiger partial charge in [-0.1, -0.05) is 6.92 Å². The number of hydrogen-bond donors (Lipinski definition) is 2. The molecule has 1 aromatic rings. The zero-order chi connectivity index (χ0) is 18.8. The minimum Gasteiger partial charge on any atom is -0.465 e. The average Bonchev–Trinajstić information content (AvgIpc) is 3.37. The lowest BCUT2D eigenvalue weighted by Crippen LogP contribution is -2.72. The molecule has 0 unspecified atom stereocenters. The molecule has 3 atom stereocenters. The quantitative estimate of drug-likeness (QED) is 0.842. The summed E-state index contributed by atoms with van der Waals surface area (Å²) in [6.07, 6.45) is 4.07. The molecule has 27 heavy (non-hydrogen) atoms. The van der Waals surface area contributed by atoms with E-state index in [1.54, 1.807) is 0 Å². The molecule has 5 heterocycles. The smallest absolute Gasteiger partial charge is 0.315 e. The van der Waals surface area contributed by atoms with E-state index in [2.05, 4.69) is 28.5 Å². The van der Waals surface area contributed by atoms with Crippen molar-refractivity contribution in [3.05, 3.63) is 23.7 Å². The third-order valence-electron chi connectivity index (χ3n) is 7.31. The molecule has 7 nitrogen and oxygen atoms in total. The van der Waals surface area contributed by atoms with Crippen LogP contribution in [-0.2, 0) is 11.3 Å². The number of likely N-dealkylation sites (tertiary alicyclic amines) is 1. The minimum atomic E-state index is -0.289. The molecule has 0 radical (unpaired) electrons. The second kappa shape index (κ2) is 5.74. The van der Waals surface area contributed by atoms with Crippen LogP contribution >= 0.6 is 0 Å². The summed E-state index contributed by atoms with van der Waals surface area (Å²) in [4.78, 5) is 29.5. The highest BCUT2D eigenvalue weighted by Gasteiger charge is 2.62. The molecule has 4 aliphatic heterocycles. The Morgan fingerprint density at radius 1 is 1.33 bits per heavy atom. The zero-order valence-electron chi connectivity index (χ0n) is 16.1. The Labute approximate surface area is 159 Å². The Bertz CT molecular complexity index is 784. The first-order valence-corrected chi connectivity index (χ1v) is 10.1. The van der Waals surface area contributed by atoms with Crippen LogP contribution in [0.1, 0.15) is 44.1 Å². The van der Waals surface area contributed by atoms with Crippen LogP contribution in [0.2, 0.25) is 0 Å². The summed E-state index contributed by atoms with van der Waals surface area (Å²) >= 11 is 0. The van der Waals surface area contributed by atoms with Crippen LogP contribution in [0.25, 0.3) is 0 Å². The highest BCUT2D eigenvalue weighted by atomic mass is 16.3. The molecule has 2 N–H and O–H groups in total. The topological polar surface area (TPSA) is 77.8 Å². The second-order valence-corrected chi connectivity index (χ2v) is 8.89. The van der Waals surface area contributed by atoms with Crippen molar-refractivity contribution in [1.29, 1.82) is 0 Å². The normalized spacial score (nSPS) is 34.0. The van der Waals surface area contributed by atoms with Gasteiger partial charge in [0.15, 0.2) is 0 Å². The van der Waals surface area contributed by atoms with Gasteiger partial charge in [0.1, 0.15) is 11.5 Å². The number of urea groups is 1. The van der Waals surface area contributed by atoms with E-state index in [0.717, 1.165) is 37.3 Å². The number of hydrogen-bond acceptors (Lipinski definition) is 4. The fourth-order valence-corrected chi connectivity index (χ4v) is 5.97. The maximum atomic E-state index is 13.5. The summed E-state index contributed by atoms with van der Waals surface area (Å²) in [7, 11) is 0. The van der Waals surface area contributed by atoms with Crippen molar-refractivity contribution in [2.45, 2.75) is 63.7 Å². The molecule has 2 bridgehead atoms. The van der Waals surface area contributed by atoms with Gasteiger partial charge in [-0.15, -0.1) is 0 Å². The van der Waals surface area contributed by atoms with E-state index < -0.39 is 0 Å². The van der Waals surface area contributed by atoms with Crippen molar-refractivity contribution in [3.8, 4) is 0 Å². The van der Waals surface area contributed by atoms with Crippen LogP contribution in [0.15, 0.2) is 16.5 Å². The Kier molecular flexibility index (Phi) is 3.63. The third kappa shape index (κ3) is 2.43. The van der Waals surface area contributed by atoms with Gasteiger partial charge >= 0.3 is 6.03 Å². The first-order chi connectivity index (χ1) is 12.9. The van der Waals surface area contributed by atoms with Crippen LogP contribution < -0.4 is 10.6 Å². The summed E-state index contributed by atoms with van der Waals surface area (Å²) < 4.78 is 5.80. The lowest BCUT2D eigenvalue weighted by molar-refractivity contribution is -0.152. The van der Waals surface area contributed by atoms with Gasteiger partial charge in [-0.3, -0.25) is 9.69 Å². The van der Waals surface area contributed by atoms with Crippen molar-refractivity contribution in [3.63, 3.8) is 0 Å². The first kappa shape index (κ1) is 17.1. The molecule has 0 aliphatic carbocycles. The molecule has 4 aliphatic rings. The van der Waals surface area contributed by atoms with Crippen molar-refractivity contribution in [2.75, 3.05) is 19.6 Å². The number of carbonyl (C=O) groups is 2. The standard InChI is InChI=1S/C20H28N4O3/c1-3-20(17(25)23-11-19(12-23)10-21-18(26)22-19)8-14-5-7-16(20)24(14)9-15-6-4-13(2)27-15/h4,6,14,16H,3,5,7-12H2,1-2H3,(H2,21,22,26)/t14-,16+,20+/m0/s1. The molecular formula is C20H28N4O3. The molecule has 7 heteroatoms. The molecule has 0 saturated carbocycles. The van der Waals surface area contributed by atoms with Crippen LogP contribution in [0.4, 0.5) is 4.79 Å². The van der Waals surface area contributed by atoms with Gasteiger partial charge in [0.05, 0.1) is 17.5 Å². The summed E-state index contributed by atoms with van der Waals surface area (Å²) in [6, 6.07) is 4.70. The number of rotatable bonds is 4. The van der Waals surface area contributed by atoms with Gasteiger partial charge in [-0.25, -0.2) is 4.79 Å². The Morgan fingerprint density at radius 3 is 2.78 bits per heavy atom. The van der Waals surface area contributed by atoms with Gasteiger partial charge in [-0.2, -0.15) is 0 Å². The van der Waals surface area contributed by atoms with E-state index in [0.29, 0.717) is 31.7 Å². The molecule has 4 fully saturated rings. The van der Waals surface area contributed by atoms with Crippen LogP contribution in [0.5, 0.6) is 0 Å². The lowest BCUT2D eigenvalue weighted by atomic mass is 9.69. The Morgan fingerprint density at radius 2 is 2.15 bits per heavy atom. The van der Waals surface area contributed by atoms with Crippen LogP contribution in [-0.4, -0.2) is 59.0 Å². The van der Waals surface area contributed by atoms with Crippen molar-refractivity contribution < 1.29 is 14.0 Å². The van der Waals surface area contributed by atoms with Gasteiger partial charge in [-0.05, 0) is 44.7 Å². The molecule has 1 aromatic heterocycles.